The smallest absolute Gasteiger partial charge is 0.174 e. The fourth-order valence-corrected chi connectivity index (χ4v) is 2.04. The Labute approximate surface area is 78.2 Å². The molecule has 0 saturated carbocycles. The minimum atomic E-state index is -0.804. The topological polar surface area (TPSA) is 3.24 Å². The molecule has 1 fully saturated rings. The van der Waals surface area contributed by atoms with Crippen molar-refractivity contribution < 1.29 is 4.39 Å². The minimum absolute atomic E-state index is 0.327. The van der Waals surface area contributed by atoms with Gasteiger partial charge in [0.1, 0.15) is 0 Å². The number of hydrogen-bond acceptors (Lipinski definition) is 1. The molecule has 1 aliphatic heterocycles. The average Bonchev–Trinajstić information content (AvgIpc) is 2.16. The number of alkyl halides is 1. The van der Waals surface area contributed by atoms with E-state index < -0.39 is 6.30 Å². The fourth-order valence-electron chi connectivity index (χ4n) is 2.04. The Kier molecular flexibility index (Phi) is 2.21. The van der Waals surface area contributed by atoms with Crippen LogP contribution in [0.3, 0.4) is 0 Å². The predicted octanol–water partition coefficient (Wildman–Crippen LogP) is 2.63. The standard InChI is InChI=1S/C11H14FN/c1-2-13-10(8-11(13)12)9-6-4-3-5-7-9/h2-6,9-11H,1,7-8H2. The van der Waals surface area contributed by atoms with E-state index in [-0.39, 0.29) is 0 Å². The molecule has 0 bridgehead atoms. The first kappa shape index (κ1) is 8.54. The number of rotatable bonds is 2. The SMILES string of the molecule is C=CN1C(F)CC1C1C=CC=CC1. The lowest BCUT2D eigenvalue weighted by Gasteiger charge is -2.47. The Bertz CT molecular complexity index is 257. The van der Waals surface area contributed by atoms with Gasteiger partial charge in [0.2, 0.25) is 0 Å². The van der Waals surface area contributed by atoms with Crippen LogP contribution in [0.15, 0.2) is 37.1 Å². The van der Waals surface area contributed by atoms with Gasteiger partial charge in [-0.3, -0.25) is 0 Å². The van der Waals surface area contributed by atoms with Gasteiger partial charge in [-0.2, -0.15) is 0 Å². The molecule has 2 heteroatoms. The molecule has 3 atom stereocenters. The number of nitrogens with zero attached hydrogens (tertiary/aromatic N) is 1. The molecule has 2 rings (SSSR count). The molecule has 0 aromatic heterocycles. The van der Waals surface area contributed by atoms with Crippen molar-refractivity contribution >= 4 is 0 Å². The predicted molar refractivity (Wildman–Crippen MR) is 51.7 cm³/mol. The monoisotopic (exact) mass is 179 g/mol. The lowest BCUT2D eigenvalue weighted by Crippen LogP contribution is -2.53. The van der Waals surface area contributed by atoms with E-state index >= 15 is 0 Å². The van der Waals surface area contributed by atoms with Crippen LogP contribution in [-0.2, 0) is 0 Å². The summed E-state index contributed by atoms with van der Waals surface area (Å²) in [6.07, 6.45) is 10.9. The van der Waals surface area contributed by atoms with Crippen molar-refractivity contribution in [3.05, 3.63) is 37.1 Å². The maximum absolute atomic E-state index is 13.0. The maximum atomic E-state index is 13.0. The van der Waals surface area contributed by atoms with E-state index in [4.69, 9.17) is 0 Å². The zero-order valence-electron chi connectivity index (χ0n) is 7.57. The third-order valence-electron chi connectivity index (χ3n) is 2.86. The van der Waals surface area contributed by atoms with E-state index in [2.05, 4.69) is 18.7 Å². The molecular formula is C11H14FN. The first-order chi connectivity index (χ1) is 6.33. The molecule has 13 heavy (non-hydrogen) atoms. The molecule has 2 aliphatic rings. The van der Waals surface area contributed by atoms with Crippen LogP contribution in [0.5, 0.6) is 0 Å². The Hall–Kier alpha value is -1.05. The summed E-state index contributed by atoms with van der Waals surface area (Å²) < 4.78 is 13.0. The molecule has 1 nitrogen and oxygen atoms in total. The zero-order valence-corrected chi connectivity index (χ0v) is 7.57. The molecule has 0 spiro atoms. The molecule has 1 heterocycles. The number of hydrogen-bond donors (Lipinski definition) is 0. The molecule has 70 valence electrons. The van der Waals surface area contributed by atoms with E-state index in [9.17, 15) is 4.39 Å². The van der Waals surface area contributed by atoms with Crippen LogP contribution >= 0.6 is 0 Å². The van der Waals surface area contributed by atoms with Crippen LogP contribution in [-0.4, -0.2) is 17.2 Å². The van der Waals surface area contributed by atoms with Crippen LogP contribution in [0.1, 0.15) is 12.8 Å². The molecule has 0 amide bonds. The Morgan fingerprint density at radius 2 is 2.31 bits per heavy atom. The number of halogens is 1. The Morgan fingerprint density at radius 1 is 1.46 bits per heavy atom. The molecule has 3 unspecified atom stereocenters. The van der Waals surface area contributed by atoms with Gasteiger partial charge in [-0.15, -0.1) is 0 Å². The fraction of sp³-hybridized carbons (Fsp3) is 0.455. The van der Waals surface area contributed by atoms with Gasteiger partial charge in [-0.1, -0.05) is 30.9 Å². The summed E-state index contributed by atoms with van der Waals surface area (Å²) in [6, 6.07) is 0.327. The summed E-state index contributed by atoms with van der Waals surface area (Å²) in [4.78, 5) is 1.72. The largest absolute Gasteiger partial charge is 0.345 e. The summed E-state index contributed by atoms with van der Waals surface area (Å²) in [5.74, 6) is 0.468. The Balaban J connectivity index is 1.98. The van der Waals surface area contributed by atoms with Crippen molar-refractivity contribution in [1.29, 1.82) is 0 Å². The van der Waals surface area contributed by atoms with Crippen LogP contribution in [0.25, 0.3) is 0 Å². The first-order valence-corrected chi connectivity index (χ1v) is 4.70. The second kappa shape index (κ2) is 3.36. The van der Waals surface area contributed by atoms with Crippen molar-refractivity contribution in [2.45, 2.75) is 25.2 Å². The molecule has 0 aromatic carbocycles. The first-order valence-electron chi connectivity index (χ1n) is 4.70. The van der Waals surface area contributed by atoms with Gasteiger partial charge in [-0.05, 0) is 12.6 Å². The normalized spacial score (nSPS) is 37.3. The summed E-state index contributed by atoms with van der Waals surface area (Å²) in [6.45, 7) is 3.62. The lowest BCUT2D eigenvalue weighted by molar-refractivity contribution is -0.0427. The second-order valence-electron chi connectivity index (χ2n) is 3.58. The summed E-state index contributed by atoms with van der Waals surface area (Å²) in [5, 5.41) is 0. The van der Waals surface area contributed by atoms with E-state index in [1.807, 2.05) is 12.2 Å². The maximum Gasteiger partial charge on any atom is 0.174 e. The molecule has 0 radical (unpaired) electrons. The van der Waals surface area contributed by atoms with Gasteiger partial charge in [0.05, 0.1) is 0 Å². The van der Waals surface area contributed by atoms with E-state index in [1.54, 1.807) is 11.1 Å². The third-order valence-corrected chi connectivity index (χ3v) is 2.86. The van der Waals surface area contributed by atoms with E-state index in [0.29, 0.717) is 18.4 Å². The van der Waals surface area contributed by atoms with Gasteiger partial charge in [0.25, 0.3) is 0 Å². The van der Waals surface area contributed by atoms with Crippen molar-refractivity contribution in [3.8, 4) is 0 Å². The van der Waals surface area contributed by atoms with Gasteiger partial charge in [-0.25, -0.2) is 4.39 Å². The van der Waals surface area contributed by atoms with Gasteiger partial charge in [0, 0.05) is 18.4 Å². The molecule has 1 saturated heterocycles. The highest BCUT2D eigenvalue weighted by Gasteiger charge is 2.39. The van der Waals surface area contributed by atoms with Gasteiger partial charge in [0.15, 0.2) is 6.30 Å². The van der Waals surface area contributed by atoms with Crippen LogP contribution in [0.4, 0.5) is 4.39 Å². The average molecular weight is 179 g/mol. The second-order valence-corrected chi connectivity index (χ2v) is 3.58. The highest BCUT2D eigenvalue weighted by Crippen LogP contribution is 2.35. The van der Waals surface area contributed by atoms with Crippen molar-refractivity contribution in [2.24, 2.45) is 5.92 Å². The van der Waals surface area contributed by atoms with Gasteiger partial charge < -0.3 is 4.90 Å². The number of likely N-dealkylation sites (tertiary alicyclic amines) is 1. The van der Waals surface area contributed by atoms with Crippen LogP contribution in [0.2, 0.25) is 0 Å². The molecular weight excluding hydrogens is 165 g/mol. The van der Waals surface area contributed by atoms with Crippen LogP contribution < -0.4 is 0 Å². The van der Waals surface area contributed by atoms with Gasteiger partial charge >= 0.3 is 0 Å². The molecule has 0 aromatic rings. The summed E-state index contributed by atoms with van der Waals surface area (Å²) in [5.41, 5.74) is 0. The van der Waals surface area contributed by atoms with Crippen molar-refractivity contribution in [3.63, 3.8) is 0 Å². The zero-order chi connectivity index (χ0) is 9.26. The molecule has 0 N–H and O–H groups in total. The Morgan fingerprint density at radius 3 is 2.85 bits per heavy atom. The third kappa shape index (κ3) is 1.41. The minimum Gasteiger partial charge on any atom is -0.345 e. The van der Waals surface area contributed by atoms with E-state index in [0.717, 1.165) is 6.42 Å². The van der Waals surface area contributed by atoms with Crippen LogP contribution in [0, 0.1) is 5.92 Å². The quantitative estimate of drug-likeness (QED) is 0.589. The van der Waals surface area contributed by atoms with Crippen molar-refractivity contribution in [2.75, 3.05) is 0 Å². The summed E-state index contributed by atoms with van der Waals surface area (Å²) in [7, 11) is 0. The molecule has 1 aliphatic carbocycles. The van der Waals surface area contributed by atoms with Crippen molar-refractivity contribution in [1.82, 2.24) is 4.90 Å². The lowest BCUT2D eigenvalue weighted by atomic mass is 9.84. The number of allylic oxidation sites excluding steroid dienone is 3. The summed E-state index contributed by atoms with van der Waals surface area (Å²) >= 11 is 0. The highest BCUT2D eigenvalue weighted by atomic mass is 19.1. The van der Waals surface area contributed by atoms with E-state index in [1.165, 1.54) is 0 Å². The highest BCUT2D eigenvalue weighted by molar-refractivity contribution is 5.15.